The maximum Gasteiger partial charge on any atom is 0.0218 e. The fourth-order valence-corrected chi connectivity index (χ4v) is 3.02. The van der Waals surface area contributed by atoms with Gasteiger partial charge in [0.15, 0.2) is 0 Å². The van der Waals surface area contributed by atoms with Gasteiger partial charge in [0, 0.05) is 18.6 Å². The minimum Gasteiger partial charge on any atom is -0.312 e. The summed E-state index contributed by atoms with van der Waals surface area (Å²) in [6.45, 7) is 2.53. The second kappa shape index (κ2) is 5.86. The highest BCUT2D eigenvalue weighted by molar-refractivity contribution is 4.80. The van der Waals surface area contributed by atoms with Crippen molar-refractivity contribution in [3.63, 3.8) is 0 Å². The minimum absolute atomic E-state index is 0.813. The molecule has 2 heteroatoms. The first-order valence-electron chi connectivity index (χ1n) is 6.80. The average Bonchev–Trinajstić information content (AvgIpc) is 2.53. The molecule has 88 valence electrons. The molecule has 0 aromatic carbocycles. The van der Waals surface area contributed by atoms with Gasteiger partial charge in [0.1, 0.15) is 0 Å². The molecular formula is C13H26N2. The molecule has 1 atom stereocenters. The van der Waals surface area contributed by atoms with Gasteiger partial charge in [0.05, 0.1) is 0 Å². The minimum atomic E-state index is 0.813. The van der Waals surface area contributed by atoms with E-state index in [0.29, 0.717) is 0 Å². The van der Waals surface area contributed by atoms with Crippen molar-refractivity contribution in [3.8, 4) is 0 Å². The van der Waals surface area contributed by atoms with Crippen molar-refractivity contribution in [2.45, 2.75) is 63.5 Å². The van der Waals surface area contributed by atoms with Crippen molar-refractivity contribution in [1.82, 2.24) is 10.2 Å². The monoisotopic (exact) mass is 210 g/mol. The zero-order chi connectivity index (χ0) is 10.5. The molecular weight excluding hydrogens is 184 g/mol. The van der Waals surface area contributed by atoms with Crippen LogP contribution in [0.3, 0.4) is 0 Å². The van der Waals surface area contributed by atoms with Crippen LogP contribution in [0.25, 0.3) is 0 Å². The van der Waals surface area contributed by atoms with E-state index in [1.54, 1.807) is 0 Å². The fraction of sp³-hybridized carbons (Fsp3) is 1.00. The zero-order valence-corrected chi connectivity index (χ0v) is 10.2. The predicted molar refractivity (Wildman–Crippen MR) is 65.1 cm³/mol. The van der Waals surface area contributed by atoms with Crippen molar-refractivity contribution in [2.75, 3.05) is 20.1 Å². The van der Waals surface area contributed by atoms with Crippen molar-refractivity contribution in [2.24, 2.45) is 0 Å². The third-order valence-electron chi connectivity index (χ3n) is 4.17. The molecule has 15 heavy (non-hydrogen) atoms. The van der Waals surface area contributed by atoms with Gasteiger partial charge in [-0.05, 0) is 39.3 Å². The van der Waals surface area contributed by atoms with Gasteiger partial charge in [-0.15, -0.1) is 0 Å². The summed E-state index contributed by atoms with van der Waals surface area (Å²) in [7, 11) is 2.27. The molecule has 0 spiro atoms. The van der Waals surface area contributed by atoms with Gasteiger partial charge in [0.25, 0.3) is 0 Å². The van der Waals surface area contributed by atoms with Gasteiger partial charge in [-0.1, -0.05) is 25.7 Å². The molecule has 1 aliphatic carbocycles. The van der Waals surface area contributed by atoms with Crippen molar-refractivity contribution in [3.05, 3.63) is 0 Å². The molecule has 2 nitrogen and oxygen atoms in total. The summed E-state index contributed by atoms with van der Waals surface area (Å²) in [4.78, 5) is 2.52. The molecule has 2 fully saturated rings. The summed E-state index contributed by atoms with van der Waals surface area (Å²) in [5.41, 5.74) is 0. The molecule has 0 radical (unpaired) electrons. The van der Waals surface area contributed by atoms with Crippen LogP contribution in [0.2, 0.25) is 0 Å². The summed E-state index contributed by atoms with van der Waals surface area (Å²) < 4.78 is 0. The van der Waals surface area contributed by atoms with Gasteiger partial charge < -0.3 is 10.2 Å². The number of rotatable bonds is 3. The molecule has 0 bridgehead atoms. The van der Waals surface area contributed by atoms with E-state index in [2.05, 4.69) is 17.3 Å². The van der Waals surface area contributed by atoms with Gasteiger partial charge >= 0.3 is 0 Å². The molecule has 2 aliphatic rings. The van der Waals surface area contributed by atoms with E-state index in [4.69, 9.17) is 0 Å². The van der Waals surface area contributed by atoms with E-state index in [1.165, 1.54) is 64.5 Å². The van der Waals surface area contributed by atoms with E-state index >= 15 is 0 Å². The van der Waals surface area contributed by atoms with Gasteiger partial charge in [0.2, 0.25) is 0 Å². The average molecular weight is 210 g/mol. The highest BCUT2D eigenvalue weighted by atomic mass is 15.2. The second-order valence-corrected chi connectivity index (χ2v) is 5.37. The summed E-state index contributed by atoms with van der Waals surface area (Å²) in [5, 5.41) is 3.79. The molecule has 1 saturated carbocycles. The summed E-state index contributed by atoms with van der Waals surface area (Å²) >= 11 is 0. The van der Waals surface area contributed by atoms with E-state index in [9.17, 15) is 0 Å². The molecule has 2 rings (SSSR count). The Balaban J connectivity index is 1.67. The SMILES string of the molecule is CN1CCCC1CNC1CCCCCC1. The maximum absolute atomic E-state index is 3.79. The van der Waals surface area contributed by atoms with Crippen LogP contribution in [0.15, 0.2) is 0 Å². The molecule has 0 aromatic rings. The molecule has 1 N–H and O–H groups in total. The van der Waals surface area contributed by atoms with E-state index in [-0.39, 0.29) is 0 Å². The zero-order valence-electron chi connectivity index (χ0n) is 10.2. The Kier molecular flexibility index (Phi) is 4.45. The summed E-state index contributed by atoms with van der Waals surface area (Å²) in [5.74, 6) is 0. The van der Waals surface area contributed by atoms with Crippen LogP contribution in [0, 0.1) is 0 Å². The van der Waals surface area contributed by atoms with Crippen LogP contribution >= 0.6 is 0 Å². The van der Waals surface area contributed by atoms with E-state index in [1.807, 2.05) is 0 Å². The largest absolute Gasteiger partial charge is 0.312 e. The van der Waals surface area contributed by atoms with Crippen LogP contribution in [-0.2, 0) is 0 Å². The Morgan fingerprint density at radius 2 is 1.73 bits per heavy atom. The number of likely N-dealkylation sites (N-methyl/N-ethyl adjacent to an activating group) is 1. The fourth-order valence-electron chi connectivity index (χ4n) is 3.02. The molecule has 1 unspecified atom stereocenters. The molecule has 1 aliphatic heterocycles. The quantitative estimate of drug-likeness (QED) is 0.720. The van der Waals surface area contributed by atoms with Crippen LogP contribution < -0.4 is 5.32 Å². The maximum atomic E-state index is 3.79. The first kappa shape index (κ1) is 11.4. The molecule has 0 aromatic heterocycles. The van der Waals surface area contributed by atoms with Crippen LogP contribution in [0.5, 0.6) is 0 Å². The molecule has 1 saturated heterocycles. The Morgan fingerprint density at radius 3 is 2.33 bits per heavy atom. The number of hydrogen-bond acceptors (Lipinski definition) is 2. The first-order valence-corrected chi connectivity index (χ1v) is 6.80. The lowest BCUT2D eigenvalue weighted by atomic mass is 10.1. The van der Waals surface area contributed by atoms with Crippen molar-refractivity contribution < 1.29 is 0 Å². The lowest BCUT2D eigenvalue weighted by molar-refractivity contribution is 0.286. The number of likely N-dealkylation sites (tertiary alicyclic amines) is 1. The predicted octanol–water partition coefficient (Wildman–Crippen LogP) is 2.39. The molecule has 0 amide bonds. The van der Waals surface area contributed by atoms with Crippen molar-refractivity contribution in [1.29, 1.82) is 0 Å². The standard InChI is InChI=1S/C13H26N2/c1-15-10-6-9-13(15)11-14-12-7-4-2-3-5-8-12/h12-14H,2-11H2,1H3. The third kappa shape index (κ3) is 3.46. The lowest BCUT2D eigenvalue weighted by Crippen LogP contribution is -2.40. The van der Waals surface area contributed by atoms with Crippen LogP contribution in [-0.4, -0.2) is 37.1 Å². The Morgan fingerprint density at radius 1 is 1.00 bits per heavy atom. The molecule has 1 heterocycles. The van der Waals surface area contributed by atoms with Gasteiger partial charge in [-0.25, -0.2) is 0 Å². The van der Waals surface area contributed by atoms with Crippen LogP contribution in [0.1, 0.15) is 51.4 Å². The Bertz CT molecular complexity index is 173. The Labute approximate surface area is 94.4 Å². The smallest absolute Gasteiger partial charge is 0.0218 e. The summed E-state index contributed by atoms with van der Waals surface area (Å²) in [6, 6.07) is 1.63. The van der Waals surface area contributed by atoms with Gasteiger partial charge in [-0.2, -0.15) is 0 Å². The highest BCUT2D eigenvalue weighted by Gasteiger charge is 2.21. The van der Waals surface area contributed by atoms with Crippen molar-refractivity contribution >= 4 is 0 Å². The van der Waals surface area contributed by atoms with E-state index in [0.717, 1.165) is 12.1 Å². The lowest BCUT2D eigenvalue weighted by Gasteiger charge is -2.23. The topological polar surface area (TPSA) is 15.3 Å². The first-order chi connectivity index (χ1) is 7.36. The van der Waals surface area contributed by atoms with E-state index < -0.39 is 0 Å². The number of nitrogens with zero attached hydrogens (tertiary/aromatic N) is 1. The Hall–Kier alpha value is -0.0800. The van der Waals surface area contributed by atoms with Crippen LogP contribution in [0.4, 0.5) is 0 Å². The highest BCUT2D eigenvalue weighted by Crippen LogP contribution is 2.18. The number of hydrogen-bond donors (Lipinski definition) is 1. The third-order valence-corrected chi connectivity index (χ3v) is 4.17. The number of nitrogens with one attached hydrogen (secondary N) is 1. The van der Waals surface area contributed by atoms with Gasteiger partial charge in [-0.3, -0.25) is 0 Å². The normalized spacial score (nSPS) is 30.6. The second-order valence-electron chi connectivity index (χ2n) is 5.37. The summed E-state index contributed by atoms with van der Waals surface area (Å²) in [6.07, 6.45) is 11.4.